The van der Waals surface area contributed by atoms with Gasteiger partial charge in [0.05, 0.1) is 0 Å². The van der Waals surface area contributed by atoms with Gasteiger partial charge in [-0.2, -0.15) is 0 Å². The molecule has 2 heteroatoms. The van der Waals surface area contributed by atoms with Crippen LogP contribution in [0.1, 0.15) is 37.7 Å². The highest BCUT2D eigenvalue weighted by molar-refractivity contribution is 6.30. The van der Waals surface area contributed by atoms with Crippen molar-refractivity contribution < 1.29 is 0 Å². The van der Waals surface area contributed by atoms with Crippen LogP contribution in [0, 0.1) is 5.92 Å². The number of hydrogen-bond acceptors (Lipinski definition) is 1. The van der Waals surface area contributed by atoms with E-state index >= 15 is 0 Å². The second kappa shape index (κ2) is 7.03. The average molecular weight is 252 g/mol. The topological polar surface area (TPSA) is 12.0 Å². The molecule has 0 atom stereocenters. The van der Waals surface area contributed by atoms with Crippen LogP contribution < -0.4 is 5.32 Å². The fourth-order valence-electron chi connectivity index (χ4n) is 2.61. The van der Waals surface area contributed by atoms with Crippen molar-refractivity contribution in [1.29, 1.82) is 0 Å². The van der Waals surface area contributed by atoms with Crippen molar-refractivity contribution >= 4 is 11.6 Å². The van der Waals surface area contributed by atoms with E-state index in [-0.39, 0.29) is 0 Å². The molecule has 1 aliphatic rings. The Bertz CT molecular complexity index is 314. The first-order chi connectivity index (χ1) is 8.34. The minimum Gasteiger partial charge on any atom is -0.316 e. The number of benzene rings is 1. The summed E-state index contributed by atoms with van der Waals surface area (Å²) in [6.07, 6.45) is 8.28. The van der Waals surface area contributed by atoms with Crippen LogP contribution in [-0.4, -0.2) is 13.1 Å². The molecule has 1 aromatic carbocycles. The van der Waals surface area contributed by atoms with Crippen molar-refractivity contribution in [3.63, 3.8) is 0 Å². The first kappa shape index (κ1) is 12.9. The van der Waals surface area contributed by atoms with E-state index in [9.17, 15) is 0 Å². The number of rotatable bonds is 6. The first-order valence-electron chi connectivity index (χ1n) is 6.80. The molecular formula is C15H22ClN. The summed E-state index contributed by atoms with van der Waals surface area (Å²) in [6.45, 7) is 2.26. The standard InChI is InChI=1S/C15H22ClN/c16-15-7-5-14(6-8-15)10-12-17-11-9-13-3-1-2-4-13/h5-8,13,17H,1-4,9-12H2. The van der Waals surface area contributed by atoms with E-state index in [1.165, 1.54) is 44.2 Å². The summed E-state index contributed by atoms with van der Waals surface area (Å²) in [5.74, 6) is 0.998. The summed E-state index contributed by atoms with van der Waals surface area (Å²) in [5, 5.41) is 4.36. The zero-order chi connectivity index (χ0) is 11.9. The van der Waals surface area contributed by atoms with Crippen LogP contribution in [-0.2, 0) is 6.42 Å². The zero-order valence-corrected chi connectivity index (χ0v) is 11.2. The van der Waals surface area contributed by atoms with Gasteiger partial charge in [-0.3, -0.25) is 0 Å². The van der Waals surface area contributed by atoms with Gasteiger partial charge in [-0.25, -0.2) is 0 Å². The van der Waals surface area contributed by atoms with Gasteiger partial charge in [0.1, 0.15) is 0 Å². The van der Waals surface area contributed by atoms with Crippen molar-refractivity contribution in [1.82, 2.24) is 5.32 Å². The molecule has 0 aromatic heterocycles. The van der Waals surface area contributed by atoms with Crippen molar-refractivity contribution in [2.24, 2.45) is 5.92 Å². The van der Waals surface area contributed by atoms with E-state index in [1.807, 2.05) is 12.1 Å². The highest BCUT2D eigenvalue weighted by Crippen LogP contribution is 2.26. The Kier molecular flexibility index (Phi) is 5.34. The monoisotopic (exact) mass is 251 g/mol. The Labute approximate surface area is 110 Å². The molecule has 1 N–H and O–H groups in total. The van der Waals surface area contributed by atoms with Crippen LogP contribution in [0.2, 0.25) is 5.02 Å². The Balaban J connectivity index is 1.55. The summed E-state index contributed by atoms with van der Waals surface area (Å²) in [6, 6.07) is 8.16. The summed E-state index contributed by atoms with van der Waals surface area (Å²) < 4.78 is 0. The van der Waals surface area contributed by atoms with Crippen LogP contribution in [0.3, 0.4) is 0 Å². The lowest BCUT2D eigenvalue weighted by Gasteiger charge is -2.09. The van der Waals surface area contributed by atoms with E-state index in [4.69, 9.17) is 11.6 Å². The number of nitrogens with one attached hydrogen (secondary N) is 1. The largest absolute Gasteiger partial charge is 0.316 e. The van der Waals surface area contributed by atoms with Gasteiger partial charge in [0.25, 0.3) is 0 Å². The molecular weight excluding hydrogens is 230 g/mol. The predicted molar refractivity (Wildman–Crippen MR) is 74.6 cm³/mol. The minimum atomic E-state index is 0.822. The van der Waals surface area contributed by atoms with Crippen LogP contribution in [0.25, 0.3) is 0 Å². The van der Waals surface area contributed by atoms with Gasteiger partial charge in [-0.05, 0) is 49.5 Å². The smallest absolute Gasteiger partial charge is 0.0406 e. The van der Waals surface area contributed by atoms with Gasteiger partial charge in [0.15, 0.2) is 0 Å². The third-order valence-corrected chi connectivity index (χ3v) is 3.96. The Morgan fingerprint density at radius 2 is 1.76 bits per heavy atom. The fourth-order valence-corrected chi connectivity index (χ4v) is 2.74. The third kappa shape index (κ3) is 4.69. The second-order valence-corrected chi connectivity index (χ2v) is 5.50. The summed E-state index contributed by atoms with van der Waals surface area (Å²) in [5.41, 5.74) is 1.36. The van der Waals surface area contributed by atoms with Crippen LogP contribution >= 0.6 is 11.6 Å². The third-order valence-electron chi connectivity index (χ3n) is 3.71. The average Bonchev–Trinajstić information content (AvgIpc) is 2.84. The van der Waals surface area contributed by atoms with Crippen LogP contribution in [0.15, 0.2) is 24.3 Å². The van der Waals surface area contributed by atoms with Gasteiger partial charge in [0.2, 0.25) is 0 Å². The van der Waals surface area contributed by atoms with Gasteiger partial charge < -0.3 is 5.32 Å². The van der Waals surface area contributed by atoms with Crippen molar-refractivity contribution in [2.75, 3.05) is 13.1 Å². The van der Waals surface area contributed by atoms with Crippen molar-refractivity contribution in [3.05, 3.63) is 34.9 Å². The predicted octanol–water partition coefficient (Wildman–Crippen LogP) is 4.05. The highest BCUT2D eigenvalue weighted by atomic mass is 35.5. The van der Waals surface area contributed by atoms with Crippen LogP contribution in [0.5, 0.6) is 0 Å². The number of hydrogen-bond donors (Lipinski definition) is 1. The number of halogens is 1. The Morgan fingerprint density at radius 1 is 1.06 bits per heavy atom. The molecule has 1 aromatic rings. The molecule has 2 rings (SSSR count). The normalized spacial score (nSPS) is 16.5. The Morgan fingerprint density at radius 3 is 2.47 bits per heavy atom. The lowest BCUT2D eigenvalue weighted by atomic mass is 10.0. The minimum absolute atomic E-state index is 0.822. The second-order valence-electron chi connectivity index (χ2n) is 5.07. The molecule has 1 nitrogen and oxygen atoms in total. The zero-order valence-electron chi connectivity index (χ0n) is 10.4. The molecule has 94 valence electrons. The van der Waals surface area contributed by atoms with Crippen molar-refractivity contribution in [3.8, 4) is 0 Å². The molecule has 0 radical (unpaired) electrons. The molecule has 0 aliphatic heterocycles. The lowest BCUT2D eigenvalue weighted by Crippen LogP contribution is -2.20. The lowest BCUT2D eigenvalue weighted by molar-refractivity contribution is 0.479. The molecule has 1 saturated carbocycles. The van der Waals surface area contributed by atoms with E-state index in [1.54, 1.807) is 0 Å². The maximum Gasteiger partial charge on any atom is 0.0406 e. The summed E-state index contributed by atoms with van der Waals surface area (Å²) in [4.78, 5) is 0. The first-order valence-corrected chi connectivity index (χ1v) is 7.17. The maximum atomic E-state index is 5.85. The van der Waals surface area contributed by atoms with Crippen molar-refractivity contribution in [2.45, 2.75) is 38.5 Å². The molecule has 0 amide bonds. The molecule has 0 unspecified atom stereocenters. The molecule has 0 saturated heterocycles. The summed E-state index contributed by atoms with van der Waals surface area (Å²) in [7, 11) is 0. The Hall–Kier alpha value is -0.530. The fraction of sp³-hybridized carbons (Fsp3) is 0.600. The van der Waals surface area contributed by atoms with E-state index in [0.29, 0.717) is 0 Å². The van der Waals surface area contributed by atoms with Gasteiger partial charge in [0, 0.05) is 5.02 Å². The molecule has 1 aliphatic carbocycles. The van der Waals surface area contributed by atoms with Crippen LogP contribution in [0.4, 0.5) is 0 Å². The van der Waals surface area contributed by atoms with E-state index < -0.39 is 0 Å². The maximum absolute atomic E-state index is 5.85. The SMILES string of the molecule is Clc1ccc(CCNCCC2CCCC2)cc1. The van der Waals surface area contributed by atoms with Gasteiger partial charge in [-0.1, -0.05) is 49.4 Å². The van der Waals surface area contributed by atoms with E-state index in [2.05, 4.69) is 17.4 Å². The highest BCUT2D eigenvalue weighted by Gasteiger charge is 2.13. The van der Waals surface area contributed by atoms with Gasteiger partial charge >= 0.3 is 0 Å². The molecule has 0 bridgehead atoms. The molecule has 1 fully saturated rings. The molecule has 17 heavy (non-hydrogen) atoms. The van der Waals surface area contributed by atoms with Gasteiger partial charge in [-0.15, -0.1) is 0 Å². The molecule has 0 heterocycles. The molecule has 0 spiro atoms. The van der Waals surface area contributed by atoms with E-state index in [0.717, 1.165) is 23.9 Å². The summed E-state index contributed by atoms with van der Waals surface area (Å²) >= 11 is 5.85. The quantitative estimate of drug-likeness (QED) is 0.752.